The summed E-state index contributed by atoms with van der Waals surface area (Å²) < 4.78 is 18.1. The highest BCUT2D eigenvalue weighted by molar-refractivity contribution is 5.96. The van der Waals surface area contributed by atoms with Gasteiger partial charge in [0.25, 0.3) is 0 Å². The summed E-state index contributed by atoms with van der Waals surface area (Å²) in [7, 11) is 0. The van der Waals surface area contributed by atoms with Gasteiger partial charge in [-0.25, -0.2) is 19.3 Å². The molecule has 0 atom stereocenters. The number of H-pyrrole nitrogens is 2. The Morgan fingerprint density at radius 2 is 2.03 bits per heavy atom. The molecule has 7 rings (SSSR count). The number of rotatable bonds is 7. The molecule has 1 saturated carbocycles. The Kier molecular flexibility index (Phi) is 5.89. The van der Waals surface area contributed by atoms with Gasteiger partial charge in [-0.05, 0) is 62.1 Å². The molecule has 0 bridgehead atoms. The van der Waals surface area contributed by atoms with Crippen molar-refractivity contribution in [2.24, 2.45) is 5.92 Å². The monoisotopic (exact) mass is 521 g/mol. The summed E-state index contributed by atoms with van der Waals surface area (Å²) in [5.74, 6) is 0.828. The number of pyridine rings is 2. The number of nitrogens with zero attached hydrogens (tertiary/aromatic N) is 6. The number of halogens is 1. The number of fused-ring (bicyclic) bond motifs is 2. The second-order valence-electron chi connectivity index (χ2n) is 10.3. The average Bonchev–Trinajstić information content (AvgIpc) is 3.75. The summed E-state index contributed by atoms with van der Waals surface area (Å²) in [6.07, 6.45) is 14.2. The second kappa shape index (κ2) is 9.70. The lowest BCUT2D eigenvalue weighted by molar-refractivity contribution is 0.489. The number of aryl methyl sites for hydroxylation is 1. The molecular formula is C29H28FN9. The van der Waals surface area contributed by atoms with Crippen LogP contribution in [0, 0.1) is 18.7 Å². The first-order valence-electron chi connectivity index (χ1n) is 13.3. The van der Waals surface area contributed by atoms with E-state index in [-0.39, 0.29) is 5.82 Å². The predicted octanol–water partition coefficient (Wildman–Crippen LogP) is 5.48. The molecule has 0 saturated heterocycles. The number of benzene rings is 1. The van der Waals surface area contributed by atoms with Crippen LogP contribution in [-0.4, -0.2) is 46.2 Å². The minimum Gasteiger partial charge on any atom is -0.333 e. The number of nitrogens with one attached hydrogen (secondary N) is 3. The first-order valence-corrected chi connectivity index (χ1v) is 13.3. The van der Waals surface area contributed by atoms with E-state index in [1.54, 1.807) is 24.8 Å². The van der Waals surface area contributed by atoms with Crippen LogP contribution in [0.15, 0.2) is 55.4 Å². The highest BCUT2D eigenvalue weighted by Crippen LogP contribution is 2.34. The Morgan fingerprint density at radius 3 is 2.87 bits per heavy atom. The zero-order valence-corrected chi connectivity index (χ0v) is 21.6. The van der Waals surface area contributed by atoms with Gasteiger partial charge in [0.05, 0.1) is 28.6 Å². The van der Waals surface area contributed by atoms with Crippen LogP contribution in [0.1, 0.15) is 36.9 Å². The minimum atomic E-state index is -0.368. The van der Waals surface area contributed by atoms with Crippen molar-refractivity contribution in [1.29, 1.82) is 0 Å². The molecule has 3 N–H and O–H groups in total. The molecule has 0 radical (unpaired) electrons. The summed E-state index contributed by atoms with van der Waals surface area (Å²) in [5.41, 5.74) is 6.21. The van der Waals surface area contributed by atoms with E-state index in [2.05, 4.69) is 40.4 Å². The standard InChI is InChI=1S/C29H28FN9/c1-17-15-39(16-34-17)23-8-9-33-28-26(23)35-29(36-28)27-24-22(37-38-27)7-6-21(25(24)30)20-10-19(13-32-14-20)12-31-11-18-4-2-3-5-18/h6-10,13-16,18,31H,2-5,11-12H2,1H3,(H,37,38)(H,33,35,36). The maximum Gasteiger partial charge on any atom is 0.180 e. The molecule has 1 aromatic carbocycles. The molecule has 9 nitrogen and oxygen atoms in total. The van der Waals surface area contributed by atoms with Crippen molar-refractivity contribution in [3.63, 3.8) is 0 Å². The molecule has 0 spiro atoms. The van der Waals surface area contributed by atoms with E-state index in [9.17, 15) is 0 Å². The molecule has 5 heterocycles. The molecule has 1 aliphatic rings. The van der Waals surface area contributed by atoms with Gasteiger partial charge in [-0.1, -0.05) is 12.8 Å². The van der Waals surface area contributed by atoms with Gasteiger partial charge < -0.3 is 14.9 Å². The molecule has 1 fully saturated rings. The van der Waals surface area contributed by atoms with Crippen LogP contribution < -0.4 is 5.32 Å². The van der Waals surface area contributed by atoms with Crippen LogP contribution in [0.4, 0.5) is 4.39 Å². The minimum absolute atomic E-state index is 0.368. The SMILES string of the molecule is Cc1cn(-c2ccnc3nc(-c4n[nH]c5ccc(-c6cncc(CNCC7CCCC7)c6)c(F)c45)[nH]c23)cn1. The van der Waals surface area contributed by atoms with Gasteiger partial charge in [0.2, 0.25) is 0 Å². The van der Waals surface area contributed by atoms with Crippen molar-refractivity contribution in [3.8, 4) is 28.3 Å². The third kappa shape index (κ3) is 4.36. The molecule has 6 aromatic rings. The van der Waals surface area contributed by atoms with Crippen LogP contribution >= 0.6 is 0 Å². The summed E-state index contributed by atoms with van der Waals surface area (Å²) >= 11 is 0. The molecule has 5 aromatic heterocycles. The largest absolute Gasteiger partial charge is 0.333 e. The predicted molar refractivity (Wildman–Crippen MR) is 148 cm³/mol. The fourth-order valence-corrected chi connectivity index (χ4v) is 5.61. The Bertz CT molecular complexity index is 1790. The van der Waals surface area contributed by atoms with Crippen molar-refractivity contribution in [2.75, 3.05) is 6.54 Å². The van der Waals surface area contributed by atoms with Crippen molar-refractivity contribution in [2.45, 2.75) is 39.2 Å². The number of hydrogen-bond donors (Lipinski definition) is 3. The third-order valence-corrected chi connectivity index (χ3v) is 7.59. The third-order valence-electron chi connectivity index (χ3n) is 7.59. The van der Waals surface area contributed by atoms with E-state index in [1.165, 1.54) is 25.7 Å². The summed E-state index contributed by atoms with van der Waals surface area (Å²) in [6, 6.07) is 7.50. The number of hydrogen-bond acceptors (Lipinski definition) is 6. The Balaban J connectivity index is 1.23. The zero-order chi connectivity index (χ0) is 26.3. The van der Waals surface area contributed by atoms with Gasteiger partial charge in [0.1, 0.15) is 17.0 Å². The number of aromatic amines is 2. The van der Waals surface area contributed by atoms with Crippen molar-refractivity contribution in [1.82, 2.24) is 45.0 Å². The van der Waals surface area contributed by atoms with E-state index < -0.39 is 0 Å². The van der Waals surface area contributed by atoms with Crippen molar-refractivity contribution >= 4 is 22.1 Å². The summed E-state index contributed by atoms with van der Waals surface area (Å²) in [4.78, 5) is 21.1. The lowest BCUT2D eigenvalue weighted by atomic mass is 10.0. The van der Waals surface area contributed by atoms with E-state index in [4.69, 9.17) is 0 Å². The van der Waals surface area contributed by atoms with Crippen molar-refractivity contribution < 1.29 is 4.39 Å². The van der Waals surface area contributed by atoms with Crippen LogP contribution in [-0.2, 0) is 6.54 Å². The summed E-state index contributed by atoms with van der Waals surface area (Å²) in [5, 5.41) is 11.3. The van der Waals surface area contributed by atoms with Gasteiger partial charge >= 0.3 is 0 Å². The van der Waals surface area contributed by atoms with E-state index >= 15 is 4.39 Å². The maximum absolute atomic E-state index is 16.2. The van der Waals surface area contributed by atoms with Gasteiger partial charge in [0, 0.05) is 42.5 Å². The average molecular weight is 522 g/mol. The number of imidazole rings is 2. The quantitative estimate of drug-likeness (QED) is 0.257. The van der Waals surface area contributed by atoms with E-state index in [0.717, 1.165) is 40.5 Å². The highest BCUT2D eigenvalue weighted by Gasteiger charge is 2.21. The zero-order valence-electron chi connectivity index (χ0n) is 21.6. The first kappa shape index (κ1) is 23.7. The van der Waals surface area contributed by atoms with E-state index in [0.29, 0.717) is 40.2 Å². The maximum atomic E-state index is 16.2. The molecule has 0 aliphatic heterocycles. The topological polar surface area (TPSA) is 113 Å². The first-order chi connectivity index (χ1) is 19.1. The highest BCUT2D eigenvalue weighted by atomic mass is 19.1. The fraction of sp³-hybridized carbons (Fsp3) is 0.276. The van der Waals surface area contributed by atoms with E-state index in [1.807, 2.05) is 42.1 Å². The van der Waals surface area contributed by atoms with Crippen LogP contribution in [0.25, 0.3) is 50.4 Å². The Morgan fingerprint density at radius 1 is 1.13 bits per heavy atom. The van der Waals surface area contributed by atoms with Crippen LogP contribution in [0.3, 0.4) is 0 Å². The molecule has 1 aliphatic carbocycles. The molecule has 10 heteroatoms. The lowest BCUT2D eigenvalue weighted by Gasteiger charge is -2.11. The molecular weight excluding hydrogens is 493 g/mol. The number of aromatic nitrogens is 8. The Labute approximate surface area is 223 Å². The van der Waals surface area contributed by atoms with Crippen LogP contribution in [0.2, 0.25) is 0 Å². The van der Waals surface area contributed by atoms with Crippen LogP contribution in [0.5, 0.6) is 0 Å². The Hall–Kier alpha value is -4.44. The lowest BCUT2D eigenvalue weighted by Crippen LogP contribution is -2.20. The second-order valence-corrected chi connectivity index (χ2v) is 10.3. The van der Waals surface area contributed by atoms with Gasteiger partial charge in [-0.15, -0.1) is 0 Å². The molecule has 196 valence electrons. The molecule has 0 amide bonds. The summed E-state index contributed by atoms with van der Waals surface area (Å²) in [6.45, 7) is 3.65. The smallest absolute Gasteiger partial charge is 0.180 e. The normalized spacial score (nSPS) is 14.2. The molecule has 0 unspecified atom stereocenters. The fourth-order valence-electron chi connectivity index (χ4n) is 5.61. The molecule has 39 heavy (non-hydrogen) atoms. The van der Waals surface area contributed by atoms with Crippen molar-refractivity contribution in [3.05, 3.63) is 72.5 Å². The van der Waals surface area contributed by atoms with Gasteiger partial charge in [0.15, 0.2) is 11.5 Å². The van der Waals surface area contributed by atoms with Gasteiger partial charge in [-0.3, -0.25) is 10.1 Å². The van der Waals surface area contributed by atoms with Gasteiger partial charge in [-0.2, -0.15) is 5.10 Å².